The summed E-state index contributed by atoms with van der Waals surface area (Å²) in [5, 5.41) is 18.4. The van der Waals surface area contributed by atoms with Crippen molar-refractivity contribution in [1.82, 2.24) is 4.90 Å². The molecule has 1 rings (SSSR count). The van der Waals surface area contributed by atoms with E-state index in [1.807, 2.05) is 4.90 Å². The van der Waals surface area contributed by atoms with Gasteiger partial charge in [-0.25, -0.2) is 0 Å². The van der Waals surface area contributed by atoms with Crippen LogP contribution in [0.15, 0.2) is 12.2 Å². The van der Waals surface area contributed by atoms with Crippen LogP contribution in [0.2, 0.25) is 0 Å². The van der Waals surface area contributed by atoms with Crippen LogP contribution < -0.4 is 0 Å². The van der Waals surface area contributed by atoms with Gasteiger partial charge in [0.05, 0.1) is 18.8 Å². The van der Waals surface area contributed by atoms with Crippen molar-refractivity contribution in [2.45, 2.75) is 31.2 Å². The van der Waals surface area contributed by atoms with Crippen molar-refractivity contribution >= 4 is 0 Å². The molecule has 6 heteroatoms. The number of halogens is 3. The number of nitrogens with zero attached hydrogens (tertiary/aromatic N) is 1. The second-order valence-corrected chi connectivity index (χ2v) is 3.87. The Labute approximate surface area is 92.2 Å². The van der Waals surface area contributed by atoms with Crippen LogP contribution in [-0.4, -0.2) is 53.1 Å². The van der Waals surface area contributed by atoms with Gasteiger partial charge in [0.2, 0.25) is 0 Å². The van der Waals surface area contributed by atoms with Crippen molar-refractivity contribution in [3.63, 3.8) is 0 Å². The second-order valence-electron chi connectivity index (χ2n) is 3.87. The van der Waals surface area contributed by atoms with Gasteiger partial charge in [0.25, 0.3) is 0 Å². The van der Waals surface area contributed by atoms with Crippen LogP contribution in [0, 0.1) is 0 Å². The van der Waals surface area contributed by atoms with E-state index < -0.39 is 12.3 Å². The third-order valence-corrected chi connectivity index (χ3v) is 2.70. The largest absolute Gasteiger partial charge is 0.409 e. The lowest BCUT2D eigenvalue weighted by Gasteiger charge is -2.23. The van der Waals surface area contributed by atoms with E-state index >= 15 is 0 Å². The van der Waals surface area contributed by atoms with Gasteiger partial charge in [0.15, 0.2) is 0 Å². The van der Waals surface area contributed by atoms with E-state index in [0.29, 0.717) is 19.5 Å². The fraction of sp³-hybridized carbons (Fsp3) is 0.800. The Bertz CT molecular complexity index is 243. The maximum absolute atomic E-state index is 11.8. The molecule has 0 amide bonds. The first-order valence-corrected chi connectivity index (χ1v) is 5.21. The zero-order chi connectivity index (χ0) is 12.2. The summed E-state index contributed by atoms with van der Waals surface area (Å²) in [7, 11) is 0. The Morgan fingerprint density at radius 2 is 2.06 bits per heavy atom. The van der Waals surface area contributed by atoms with Crippen molar-refractivity contribution in [2.75, 3.05) is 19.7 Å². The van der Waals surface area contributed by atoms with Crippen LogP contribution in [0.25, 0.3) is 0 Å². The fourth-order valence-electron chi connectivity index (χ4n) is 1.87. The Morgan fingerprint density at radius 1 is 1.38 bits per heavy atom. The fourth-order valence-corrected chi connectivity index (χ4v) is 1.87. The lowest BCUT2D eigenvalue weighted by molar-refractivity contribution is -0.0800. The smallest absolute Gasteiger partial charge is 0.395 e. The van der Waals surface area contributed by atoms with Crippen LogP contribution in [0.5, 0.6) is 0 Å². The van der Waals surface area contributed by atoms with Gasteiger partial charge >= 0.3 is 6.18 Å². The van der Waals surface area contributed by atoms with Gasteiger partial charge in [-0.1, -0.05) is 6.08 Å². The highest BCUT2D eigenvalue weighted by molar-refractivity contribution is 4.92. The predicted octanol–water partition coefficient (Wildman–Crippen LogP) is 0.923. The van der Waals surface area contributed by atoms with Gasteiger partial charge in [-0.3, -0.25) is 4.90 Å². The SMILES string of the molecule is OCC1C(O)CCN1CCC=CC(F)(F)F. The summed E-state index contributed by atoms with van der Waals surface area (Å²) in [6.45, 7) is 0.880. The summed E-state index contributed by atoms with van der Waals surface area (Å²) >= 11 is 0. The van der Waals surface area contributed by atoms with Crippen molar-refractivity contribution in [3.05, 3.63) is 12.2 Å². The number of aliphatic hydroxyl groups is 2. The summed E-state index contributed by atoms with van der Waals surface area (Å²) < 4.78 is 35.3. The molecule has 16 heavy (non-hydrogen) atoms. The van der Waals surface area contributed by atoms with Gasteiger partial charge in [-0.15, -0.1) is 0 Å². The molecule has 0 bridgehead atoms. The van der Waals surface area contributed by atoms with Gasteiger partial charge < -0.3 is 10.2 Å². The molecule has 1 heterocycles. The topological polar surface area (TPSA) is 43.7 Å². The highest BCUT2D eigenvalue weighted by atomic mass is 19.4. The predicted molar refractivity (Wildman–Crippen MR) is 52.9 cm³/mol. The molecule has 2 N–H and O–H groups in total. The molecular weight excluding hydrogens is 223 g/mol. The first-order valence-electron chi connectivity index (χ1n) is 5.21. The van der Waals surface area contributed by atoms with E-state index in [1.165, 1.54) is 0 Å². The summed E-state index contributed by atoms with van der Waals surface area (Å²) in [6, 6.07) is -0.334. The molecule has 0 aromatic rings. The molecule has 1 saturated heterocycles. The zero-order valence-electron chi connectivity index (χ0n) is 8.82. The summed E-state index contributed by atoms with van der Waals surface area (Å²) in [6.07, 6.45) is -2.72. The van der Waals surface area contributed by atoms with Crippen LogP contribution in [-0.2, 0) is 0 Å². The quantitative estimate of drug-likeness (QED) is 0.717. The highest BCUT2D eigenvalue weighted by Crippen LogP contribution is 2.19. The van der Waals surface area contributed by atoms with Gasteiger partial charge in [-0.05, 0) is 12.8 Å². The molecule has 0 aromatic carbocycles. The van der Waals surface area contributed by atoms with Crippen LogP contribution in [0.4, 0.5) is 13.2 Å². The van der Waals surface area contributed by atoms with E-state index in [4.69, 9.17) is 5.11 Å². The Hall–Kier alpha value is -0.590. The molecule has 0 aromatic heterocycles. The molecule has 0 saturated carbocycles. The van der Waals surface area contributed by atoms with Crippen molar-refractivity contribution in [3.8, 4) is 0 Å². The third kappa shape index (κ3) is 4.11. The van der Waals surface area contributed by atoms with Gasteiger partial charge in [0, 0.05) is 19.2 Å². The maximum Gasteiger partial charge on any atom is 0.409 e. The number of alkyl halides is 3. The van der Waals surface area contributed by atoms with Crippen molar-refractivity contribution in [1.29, 1.82) is 0 Å². The van der Waals surface area contributed by atoms with Crippen LogP contribution >= 0.6 is 0 Å². The van der Waals surface area contributed by atoms with Crippen molar-refractivity contribution in [2.24, 2.45) is 0 Å². The normalized spacial score (nSPS) is 28.1. The Balaban J connectivity index is 2.30. The van der Waals surface area contributed by atoms with E-state index in [1.54, 1.807) is 0 Å². The number of hydrogen-bond acceptors (Lipinski definition) is 3. The molecule has 2 unspecified atom stereocenters. The maximum atomic E-state index is 11.8. The van der Waals surface area contributed by atoms with Crippen LogP contribution in [0.1, 0.15) is 12.8 Å². The van der Waals surface area contributed by atoms with E-state index in [9.17, 15) is 18.3 Å². The number of likely N-dealkylation sites (tertiary alicyclic amines) is 1. The van der Waals surface area contributed by atoms with E-state index in [0.717, 1.165) is 6.08 Å². The lowest BCUT2D eigenvalue weighted by atomic mass is 10.2. The summed E-state index contributed by atoms with van der Waals surface area (Å²) in [4.78, 5) is 1.81. The molecule has 0 spiro atoms. The minimum absolute atomic E-state index is 0.163. The van der Waals surface area contributed by atoms with Gasteiger partial charge in [-0.2, -0.15) is 13.2 Å². The molecular formula is C10H16F3NO2. The van der Waals surface area contributed by atoms with Crippen molar-refractivity contribution < 1.29 is 23.4 Å². The average molecular weight is 239 g/mol. The number of aliphatic hydroxyl groups excluding tert-OH is 2. The molecule has 0 aliphatic carbocycles. The van der Waals surface area contributed by atoms with Crippen LogP contribution in [0.3, 0.4) is 0 Å². The first kappa shape index (κ1) is 13.5. The first-order chi connectivity index (χ1) is 7.44. The average Bonchev–Trinajstić information content (AvgIpc) is 2.52. The summed E-state index contributed by atoms with van der Waals surface area (Å²) in [5.41, 5.74) is 0. The molecule has 2 atom stereocenters. The lowest BCUT2D eigenvalue weighted by Crippen LogP contribution is -2.38. The number of allylic oxidation sites excluding steroid dienone is 1. The molecule has 94 valence electrons. The molecule has 1 aliphatic heterocycles. The minimum Gasteiger partial charge on any atom is -0.395 e. The standard InChI is InChI=1S/C10H16F3NO2/c11-10(12,13)4-1-2-5-14-6-3-9(16)8(14)7-15/h1,4,8-9,15-16H,2-3,5-7H2. The molecule has 3 nitrogen and oxygen atoms in total. The van der Waals surface area contributed by atoms with E-state index in [-0.39, 0.29) is 25.1 Å². The highest BCUT2D eigenvalue weighted by Gasteiger charge is 2.31. The molecule has 0 radical (unpaired) electrons. The monoisotopic (exact) mass is 239 g/mol. The summed E-state index contributed by atoms with van der Waals surface area (Å²) in [5.74, 6) is 0. The van der Waals surface area contributed by atoms with Gasteiger partial charge in [0.1, 0.15) is 0 Å². The van der Waals surface area contributed by atoms with E-state index in [2.05, 4.69) is 0 Å². The Morgan fingerprint density at radius 3 is 2.62 bits per heavy atom. The molecule has 1 aliphatic rings. The second kappa shape index (κ2) is 5.65. The minimum atomic E-state index is -4.26. The Kier molecular flexibility index (Phi) is 4.76. The zero-order valence-corrected chi connectivity index (χ0v) is 8.82. The number of rotatable bonds is 4. The third-order valence-electron chi connectivity index (χ3n) is 2.70. The number of hydrogen-bond donors (Lipinski definition) is 2. The molecule has 1 fully saturated rings.